The van der Waals surface area contributed by atoms with E-state index in [1.165, 1.54) is 0 Å². The second-order valence-electron chi connectivity index (χ2n) is 4.20. The molecule has 1 atom stereocenters. The lowest BCUT2D eigenvalue weighted by Gasteiger charge is -2.24. The maximum atomic E-state index is 9.12. The molecule has 0 aliphatic carbocycles. The van der Waals surface area contributed by atoms with Crippen molar-refractivity contribution in [1.29, 1.82) is 0 Å². The van der Waals surface area contributed by atoms with Crippen LogP contribution in [-0.2, 0) is 0 Å². The Balaban J connectivity index is 3.60. The minimum atomic E-state index is 0.242. The third-order valence-corrected chi connectivity index (χ3v) is 2.62. The summed E-state index contributed by atoms with van der Waals surface area (Å²) < 4.78 is 0. The summed E-state index contributed by atoms with van der Waals surface area (Å²) in [5.74, 6) is 0. The lowest BCUT2D eigenvalue weighted by molar-refractivity contribution is 0.205. The highest BCUT2D eigenvalue weighted by Gasteiger charge is 2.09. The minimum absolute atomic E-state index is 0.242. The van der Waals surface area contributed by atoms with Crippen LogP contribution in [0.15, 0.2) is 0 Å². The predicted octanol–water partition coefficient (Wildman–Crippen LogP) is 1.08. The van der Waals surface area contributed by atoms with Crippen LogP contribution in [0.4, 0.5) is 0 Å². The fraction of sp³-hybridized carbons (Fsp3) is 1.00. The van der Waals surface area contributed by atoms with Crippen LogP contribution in [0.1, 0.15) is 33.6 Å². The Bertz CT molecular complexity index is 128. The van der Waals surface area contributed by atoms with Crippen molar-refractivity contribution in [3.05, 3.63) is 0 Å². The van der Waals surface area contributed by atoms with Crippen molar-refractivity contribution in [3.8, 4) is 0 Å². The van der Waals surface area contributed by atoms with Gasteiger partial charge in [-0.1, -0.05) is 6.92 Å². The largest absolute Gasteiger partial charge is 0.395 e. The molecule has 1 unspecified atom stereocenters. The Labute approximate surface area is 88.5 Å². The SMILES string of the molecule is CCCNC(CO)CCN(C)C(C)C. The molecule has 0 amide bonds. The summed E-state index contributed by atoms with van der Waals surface area (Å²) in [6.07, 6.45) is 2.14. The van der Waals surface area contributed by atoms with Gasteiger partial charge in [-0.05, 0) is 46.8 Å². The molecule has 0 fully saturated rings. The van der Waals surface area contributed by atoms with Gasteiger partial charge in [0.1, 0.15) is 0 Å². The van der Waals surface area contributed by atoms with Crippen molar-refractivity contribution in [2.75, 3.05) is 26.7 Å². The fourth-order valence-corrected chi connectivity index (χ4v) is 1.22. The molecule has 0 spiro atoms. The zero-order chi connectivity index (χ0) is 11.0. The van der Waals surface area contributed by atoms with Gasteiger partial charge < -0.3 is 15.3 Å². The average Bonchev–Trinajstić information content (AvgIpc) is 2.17. The molecule has 0 aromatic carbocycles. The van der Waals surface area contributed by atoms with Gasteiger partial charge in [-0.2, -0.15) is 0 Å². The molecule has 3 heteroatoms. The first kappa shape index (κ1) is 13.9. The summed E-state index contributed by atoms with van der Waals surface area (Å²) in [5.41, 5.74) is 0. The smallest absolute Gasteiger partial charge is 0.0585 e. The van der Waals surface area contributed by atoms with E-state index in [0.29, 0.717) is 6.04 Å². The van der Waals surface area contributed by atoms with Crippen LogP contribution < -0.4 is 5.32 Å². The summed E-state index contributed by atoms with van der Waals surface area (Å²) in [5, 5.41) is 12.5. The first-order valence-electron chi connectivity index (χ1n) is 5.66. The van der Waals surface area contributed by atoms with Crippen molar-refractivity contribution >= 4 is 0 Å². The van der Waals surface area contributed by atoms with Gasteiger partial charge in [-0.25, -0.2) is 0 Å². The molecule has 14 heavy (non-hydrogen) atoms. The van der Waals surface area contributed by atoms with Crippen LogP contribution in [0.5, 0.6) is 0 Å². The van der Waals surface area contributed by atoms with E-state index in [0.717, 1.165) is 25.9 Å². The predicted molar refractivity (Wildman–Crippen MR) is 61.6 cm³/mol. The Morgan fingerprint density at radius 2 is 2.00 bits per heavy atom. The Kier molecular flexibility index (Phi) is 8.14. The molecule has 86 valence electrons. The van der Waals surface area contributed by atoms with Crippen molar-refractivity contribution in [2.45, 2.75) is 45.7 Å². The third-order valence-electron chi connectivity index (χ3n) is 2.62. The molecule has 0 saturated carbocycles. The molecule has 0 heterocycles. The van der Waals surface area contributed by atoms with Gasteiger partial charge in [0, 0.05) is 12.1 Å². The zero-order valence-electron chi connectivity index (χ0n) is 10.1. The van der Waals surface area contributed by atoms with E-state index in [1.54, 1.807) is 0 Å². The van der Waals surface area contributed by atoms with E-state index < -0.39 is 0 Å². The second kappa shape index (κ2) is 8.21. The van der Waals surface area contributed by atoms with Crippen molar-refractivity contribution in [2.24, 2.45) is 0 Å². The minimum Gasteiger partial charge on any atom is -0.395 e. The number of hydrogen-bond acceptors (Lipinski definition) is 3. The standard InChI is InChI=1S/C11H26N2O/c1-5-7-12-11(9-14)6-8-13(4)10(2)3/h10-12,14H,5-9H2,1-4H3. The lowest BCUT2D eigenvalue weighted by atomic mass is 10.2. The maximum absolute atomic E-state index is 9.12. The van der Waals surface area contributed by atoms with E-state index in [2.05, 4.69) is 38.0 Å². The van der Waals surface area contributed by atoms with E-state index >= 15 is 0 Å². The molecule has 0 radical (unpaired) electrons. The number of rotatable bonds is 8. The van der Waals surface area contributed by atoms with Crippen LogP contribution in [0.2, 0.25) is 0 Å². The Hall–Kier alpha value is -0.120. The van der Waals surface area contributed by atoms with Crippen LogP contribution >= 0.6 is 0 Å². The van der Waals surface area contributed by atoms with Crippen molar-refractivity contribution in [1.82, 2.24) is 10.2 Å². The number of nitrogens with one attached hydrogen (secondary N) is 1. The molecule has 0 aliphatic rings. The molecular weight excluding hydrogens is 176 g/mol. The highest BCUT2D eigenvalue weighted by atomic mass is 16.3. The summed E-state index contributed by atoms with van der Waals surface area (Å²) in [4.78, 5) is 2.30. The van der Waals surface area contributed by atoms with Gasteiger partial charge in [0.15, 0.2) is 0 Å². The third kappa shape index (κ3) is 6.35. The molecule has 0 saturated heterocycles. The lowest BCUT2D eigenvalue weighted by Crippen LogP contribution is -2.37. The number of hydrogen-bond donors (Lipinski definition) is 2. The van der Waals surface area contributed by atoms with E-state index in [-0.39, 0.29) is 12.6 Å². The summed E-state index contributed by atoms with van der Waals surface area (Å²) in [6, 6.07) is 0.844. The summed E-state index contributed by atoms with van der Waals surface area (Å²) >= 11 is 0. The maximum Gasteiger partial charge on any atom is 0.0585 e. The first-order valence-corrected chi connectivity index (χ1v) is 5.66. The summed E-state index contributed by atoms with van der Waals surface area (Å²) in [7, 11) is 2.12. The number of aliphatic hydroxyl groups excluding tert-OH is 1. The topological polar surface area (TPSA) is 35.5 Å². The number of nitrogens with zero attached hydrogens (tertiary/aromatic N) is 1. The Morgan fingerprint density at radius 1 is 1.36 bits per heavy atom. The summed E-state index contributed by atoms with van der Waals surface area (Å²) in [6.45, 7) is 8.80. The van der Waals surface area contributed by atoms with E-state index in [4.69, 9.17) is 5.11 Å². The zero-order valence-corrected chi connectivity index (χ0v) is 10.1. The fourth-order valence-electron chi connectivity index (χ4n) is 1.22. The van der Waals surface area contributed by atoms with E-state index in [1.807, 2.05) is 0 Å². The highest BCUT2D eigenvalue weighted by molar-refractivity contribution is 4.68. The monoisotopic (exact) mass is 202 g/mol. The van der Waals surface area contributed by atoms with Crippen LogP contribution in [0.3, 0.4) is 0 Å². The van der Waals surface area contributed by atoms with Crippen LogP contribution in [0.25, 0.3) is 0 Å². The molecule has 0 aromatic heterocycles. The first-order chi connectivity index (χ1) is 6.61. The molecule has 0 aliphatic heterocycles. The van der Waals surface area contributed by atoms with Crippen molar-refractivity contribution < 1.29 is 5.11 Å². The quantitative estimate of drug-likeness (QED) is 0.618. The molecule has 0 aromatic rings. The number of aliphatic hydroxyl groups is 1. The van der Waals surface area contributed by atoms with Gasteiger partial charge in [-0.15, -0.1) is 0 Å². The van der Waals surface area contributed by atoms with Crippen LogP contribution in [0, 0.1) is 0 Å². The Morgan fingerprint density at radius 3 is 2.43 bits per heavy atom. The van der Waals surface area contributed by atoms with Gasteiger partial charge >= 0.3 is 0 Å². The molecular formula is C11H26N2O. The normalized spacial score (nSPS) is 13.9. The molecule has 3 nitrogen and oxygen atoms in total. The average molecular weight is 202 g/mol. The van der Waals surface area contributed by atoms with Gasteiger partial charge in [0.2, 0.25) is 0 Å². The van der Waals surface area contributed by atoms with E-state index in [9.17, 15) is 0 Å². The van der Waals surface area contributed by atoms with Crippen molar-refractivity contribution in [3.63, 3.8) is 0 Å². The van der Waals surface area contributed by atoms with Gasteiger partial charge in [0.05, 0.1) is 6.61 Å². The van der Waals surface area contributed by atoms with Gasteiger partial charge in [-0.3, -0.25) is 0 Å². The molecule has 2 N–H and O–H groups in total. The molecule has 0 bridgehead atoms. The highest BCUT2D eigenvalue weighted by Crippen LogP contribution is 1.98. The van der Waals surface area contributed by atoms with Crippen LogP contribution in [-0.4, -0.2) is 48.8 Å². The molecule has 0 rings (SSSR count). The van der Waals surface area contributed by atoms with Gasteiger partial charge in [0.25, 0.3) is 0 Å². The second-order valence-corrected chi connectivity index (χ2v) is 4.20.